The fourth-order valence-electron chi connectivity index (χ4n) is 1.33. The molecule has 0 fully saturated rings. The van der Waals surface area contributed by atoms with E-state index in [0.29, 0.717) is 0 Å². The van der Waals surface area contributed by atoms with Crippen molar-refractivity contribution in [2.75, 3.05) is 0 Å². The zero-order valence-electron chi connectivity index (χ0n) is 9.08. The highest BCUT2D eigenvalue weighted by Crippen LogP contribution is 2.25. The van der Waals surface area contributed by atoms with Crippen molar-refractivity contribution in [2.24, 2.45) is 0 Å². The van der Waals surface area contributed by atoms with Gasteiger partial charge in [-0.25, -0.2) is 0 Å². The molecule has 1 aliphatic carbocycles. The number of nitrogens with zero attached hydrogens (tertiary/aromatic N) is 1. The highest BCUT2D eigenvalue weighted by Gasteiger charge is 2.08. The van der Waals surface area contributed by atoms with Gasteiger partial charge in [-0.1, -0.05) is 36.7 Å². The first kappa shape index (κ1) is 10.8. The first-order valence-electron chi connectivity index (χ1n) is 5.13. The highest BCUT2D eigenvalue weighted by molar-refractivity contribution is 5.64. The SMILES string of the molecule is CC.CC1=CC=C(c2ccno2)CC1. The van der Waals surface area contributed by atoms with Gasteiger partial charge in [0.15, 0.2) is 5.76 Å². The molecule has 0 amide bonds. The average Bonchev–Trinajstić information content (AvgIpc) is 2.75. The molecule has 1 aromatic heterocycles. The van der Waals surface area contributed by atoms with Crippen LogP contribution in [0.5, 0.6) is 0 Å². The topological polar surface area (TPSA) is 26.0 Å². The van der Waals surface area contributed by atoms with E-state index in [0.717, 1.165) is 18.6 Å². The van der Waals surface area contributed by atoms with Gasteiger partial charge in [0, 0.05) is 6.07 Å². The van der Waals surface area contributed by atoms with E-state index in [1.165, 1.54) is 11.1 Å². The fraction of sp³-hybridized carbons (Fsp3) is 0.417. The van der Waals surface area contributed by atoms with Crippen molar-refractivity contribution in [1.82, 2.24) is 5.16 Å². The molecule has 0 saturated carbocycles. The molecule has 1 aliphatic rings. The second kappa shape index (κ2) is 5.43. The summed E-state index contributed by atoms with van der Waals surface area (Å²) in [4.78, 5) is 0. The molecule has 0 unspecified atom stereocenters. The van der Waals surface area contributed by atoms with Gasteiger partial charge in [0.25, 0.3) is 0 Å². The van der Waals surface area contributed by atoms with E-state index >= 15 is 0 Å². The highest BCUT2D eigenvalue weighted by atomic mass is 16.5. The second-order valence-electron chi connectivity index (χ2n) is 3.08. The van der Waals surface area contributed by atoms with Crippen LogP contribution >= 0.6 is 0 Å². The zero-order chi connectivity index (χ0) is 10.4. The zero-order valence-corrected chi connectivity index (χ0v) is 9.08. The summed E-state index contributed by atoms with van der Waals surface area (Å²) in [6.45, 7) is 6.15. The van der Waals surface area contributed by atoms with Crippen molar-refractivity contribution in [3.05, 3.63) is 35.7 Å². The number of hydrogen-bond acceptors (Lipinski definition) is 2. The minimum atomic E-state index is 0.902. The molecule has 0 bridgehead atoms. The first-order chi connectivity index (χ1) is 6.86. The Hall–Kier alpha value is -1.31. The van der Waals surface area contributed by atoms with Crippen molar-refractivity contribution < 1.29 is 4.52 Å². The van der Waals surface area contributed by atoms with Crippen LogP contribution < -0.4 is 0 Å². The Bertz CT molecular complexity index is 320. The normalized spacial score (nSPS) is 15.1. The number of allylic oxidation sites excluding steroid dienone is 4. The number of hydrogen-bond donors (Lipinski definition) is 0. The van der Waals surface area contributed by atoms with Gasteiger partial charge in [-0.15, -0.1) is 0 Å². The largest absolute Gasteiger partial charge is 0.357 e. The molecule has 2 heteroatoms. The molecular weight excluding hydrogens is 174 g/mol. The van der Waals surface area contributed by atoms with Crippen molar-refractivity contribution in [1.29, 1.82) is 0 Å². The Balaban J connectivity index is 0.000000461. The summed E-state index contributed by atoms with van der Waals surface area (Å²) in [5, 5.41) is 3.68. The van der Waals surface area contributed by atoms with Crippen molar-refractivity contribution in [3.63, 3.8) is 0 Å². The van der Waals surface area contributed by atoms with Gasteiger partial charge in [0.2, 0.25) is 0 Å². The van der Waals surface area contributed by atoms with Crippen molar-refractivity contribution in [2.45, 2.75) is 33.6 Å². The lowest BCUT2D eigenvalue weighted by Crippen LogP contribution is -1.89. The standard InChI is InChI=1S/C10H11NO.C2H6/c1-8-2-4-9(5-3-8)10-6-7-11-12-10;1-2/h2,4,6-7H,3,5H2,1H3;1-2H3. The van der Waals surface area contributed by atoms with Crippen LogP contribution in [0.15, 0.2) is 34.5 Å². The van der Waals surface area contributed by atoms with E-state index in [2.05, 4.69) is 24.2 Å². The van der Waals surface area contributed by atoms with E-state index in [1.807, 2.05) is 19.9 Å². The molecule has 1 aromatic rings. The first-order valence-corrected chi connectivity index (χ1v) is 5.13. The third-order valence-corrected chi connectivity index (χ3v) is 2.11. The van der Waals surface area contributed by atoms with Crippen LogP contribution in [-0.4, -0.2) is 5.16 Å². The predicted octanol–water partition coefficient (Wildman–Crippen LogP) is 3.82. The lowest BCUT2D eigenvalue weighted by molar-refractivity contribution is 0.408. The maximum Gasteiger partial charge on any atom is 0.162 e. The molecule has 0 aromatic carbocycles. The van der Waals surface area contributed by atoms with Crippen molar-refractivity contribution >= 4 is 5.57 Å². The monoisotopic (exact) mass is 191 g/mol. The van der Waals surface area contributed by atoms with Gasteiger partial charge in [0.05, 0.1) is 6.20 Å². The summed E-state index contributed by atoms with van der Waals surface area (Å²) in [6, 6.07) is 1.90. The summed E-state index contributed by atoms with van der Waals surface area (Å²) >= 11 is 0. The van der Waals surface area contributed by atoms with Crippen LogP contribution in [0, 0.1) is 0 Å². The maximum absolute atomic E-state index is 5.06. The molecule has 0 atom stereocenters. The second-order valence-corrected chi connectivity index (χ2v) is 3.08. The minimum absolute atomic E-state index is 0.902. The molecule has 0 aliphatic heterocycles. The smallest absolute Gasteiger partial charge is 0.162 e. The van der Waals surface area contributed by atoms with Gasteiger partial charge in [-0.3, -0.25) is 0 Å². The Morgan fingerprint density at radius 2 is 2.00 bits per heavy atom. The summed E-state index contributed by atoms with van der Waals surface area (Å²) in [5.74, 6) is 0.902. The molecule has 76 valence electrons. The lowest BCUT2D eigenvalue weighted by Gasteiger charge is -2.08. The van der Waals surface area contributed by atoms with Crippen LogP contribution in [-0.2, 0) is 0 Å². The molecule has 2 nitrogen and oxygen atoms in total. The third kappa shape index (κ3) is 2.59. The fourth-order valence-corrected chi connectivity index (χ4v) is 1.33. The van der Waals surface area contributed by atoms with E-state index in [-0.39, 0.29) is 0 Å². The van der Waals surface area contributed by atoms with Crippen LogP contribution in [0.3, 0.4) is 0 Å². The maximum atomic E-state index is 5.06. The van der Waals surface area contributed by atoms with Crippen molar-refractivity contribution in [3.8, 4) is 0 Å². The summed E-state index contributed by atoms with van der Waals surface area (Å²) in [7, 11) is 0. The van der Waals surface area contributed by atoms with Crippen LogP contribution in [0.1, 0.15) is 39.4 Å². The quantitative estimate of drug-likeness (QED) is 0.674. The Kier molecular flexibility index (Phi) is 4.17. The minimum Gasteiger partial charge on any atom is -0.357 e. The molecular formula is C12H17NO. The van der Waals surface area contributed by atoms with Gasteiger partial charge in [-0.05, 0) is 25.3 Å². The Morgan fingerprint density at radius 1 is 1.21 bits per heavy atom. The number of rotatable bonds is 1. The predicted molar refractivity (Wildman–Crippen MR) is 58.8 cm³/mol. The van der Waals surface area contributed by atoms with Gasteiger partial charge < -0.3 is 4.52 Å². The Labute approximate surface area is 85.3 Å². The molecule has 0 saturated heterocycles. The summed E-state index contributed by atoms with van der Waals surface area (Å²) < 4.78 is 5.06. The van der Waals surface area contributed by atoms with Gasteiger partial charge in [0.1, 0.15) is 0 Å². The van der Waals surface area contributed by atoms with Crippen LogP contribution in [0.4, 0.5) is 0 Å². The van der Waals surface area contributed by atoms with E-state index in [4.69, 9.17) is 4.52 Å². The van der Waals surface area contributed by atoms with Gasteiger partial charge >= 0.3 is 0 Å². The van der Waals surface area contributed by atoms with Crippen LogP contribution in [0.2, 0.25) is 0 Å². The molecule has 2 rings (SSSR count). The molecule has 0 N–H and O–H groups in total. The lowest BCUT2D eigenvalue weighted by atomic mass is 9.98. The summed E-state index contributed by atoms with van der Waals surface area (Å²) in [5.41, 5.74) is 2.68. The molecule has 0 spiro atoms. The third-order valence-electron chi connectivity index (χ3n) is 2.11. The Morgan fingerprint density at radius 3 is 2.50 bits per heavy atom. The van der Waals surface area contributed by atoms with E-state index in [9.17, 15) is 0 Å². The molecule has 1 heterocycles. The van der Waals surface area contributed by atoms with Gasteiger partial charge in [-0.2, -0.15) is 0 Å². The average molecular weight is 191 g/mol. The van der Waals surface area contributed by atoms with E-state index < -0.39 is 0 Å². The van der Waals surface area contributed by atoms with E-state index in [1.54, 1.807) is 6.20 Å². The molecule has 0 radical (unpaired) electrons. The molecule has 14 heavy (non-hydrogen) atoms. The van der Waals surface area contributed by atoms with Crippen LogP contribution in [0.25, 0.3) is 5.57 Å². The summed E-state index contributed by atoms with van der Waals surface area (Å²) in [6.07, 6.45) is 8.13. The number of aromatic nitrogens is 1.